The van der Waals surface area contributed by atoms with Crippen molar-refractivity contribution >= 4 is 15.9 Å². The summed E-state index contributed by atoms with van der Waals surface area (Å²) in [6.45, 7) is 0. The van der Waals surface area contributed by atoms with Gasteiger partial charge in [0.05, 0.1) is 7.11 Å². The normalized spacial score (nSPS) is 11.3. The lowest BCUT2D eigenvalue weighted by atomic mass is 10.2. The van der Waals surface area contributed by atoms with Gasteiger partial charge in [0, 0.05) is 10.9 Å². The average Bonchev–Trinajstić information content (AvgIpc) is 2.15. The topological polar surface area (TPSA) is 18.5 Å². The highest BCUT2D eigenvalue weighted by atomic mass is 79.9. The molecule has 0 radical (unpaired) electrons. The molecule has 0 amide bonds. The Bertz CT molecular complexity index is 339. The van der Waals surface area contributed by atoms with Crippen LogP contribution in [0.1, 0.15) is 5.56 Å². The monoisotopic (exact) mass is 284 g/mol. The largest absolute Gasteiger partial charge is 0.573 e. The summed E-state index contributed by atoms with van der Waals surface area (Å²) in [5, 5.41) is 0.394. The lowest BCUT2D eigenvalue weighted by Crippen LogP contribution is -2.17. The van der Waals surface area contributed by atoms with Crippen molar-refractivity contribution in [3.63, 3.8) is 0 Å². The van der Waals surface area contributed by atoms with E-state index in [1.54, 1.807) is 6.07 Å². The standard InChI is InChI=1S/C9H8BrF3O2/c1-14-8-6(5-10)3-2-4-7(8)15-9(11,12)13/h2-4H,5H2,1H3. The van der Waals surface area contributed by atoms with Gasteiger partial charge in [0.15, 0.2) is 11.5 Å². The van der Waals surface area contributed by atoms with Crippen LogP contribution in [0.3, 0.4) is 0 Å². The summed E-state index contributed by atoms with van der Waals surface area (Å²) in [7, 11) is 1.30. The molecule has 84 valence electrons. The summed E-state index contributed by atoms with van der Waals surface area (Å²) >= 11 is 3.15. The number of methoxy groups -OCH3 is 1. The first kappa shape index (κ1) is 12.2. The Balaban J connectivity index is 3.06. The van der Waals surface area contributed by atoms with Gasteiger partial charge in [0.25, 0.3) is 0 Å². The smallest absolute Gasteiger partial charge is 0.493 e. The number of hydrogen-bond acceptors (Lipinski definition) is 2. The highest BCUT2D eigenvalue weighted by Crippen LogP contribution is 2.35. The van der Waals surface area contributed by atoms with Crippen LogP contribution in [0, 0.1) is 0 Å². The molecule has 0 aliphatic heterocycles. The molecule has 1 aromatic carbocycles. The van der Waals surface area contributed by atoms with Crippen LogP contribution in [-0.2, 0) is 5.33 Å². The Hall–Kier alpha value is -0.910. The van der Waals surface area contributed by atoms with E-state index < -0.39 is 6.36 Å². The molecule has 0 bridgehead atoms. The van der Waals surface area contributed by atoms with Gasteiger partial charge in [0.2, 0.25) is 0 Å². The summed E-state index contributed by atoms with van der Waals surface area (Å²) < 4.78 is 44.7. The zero-order valence-electron chi connectivity index (χ0n) is 7.77. The predicted octanol–water partition coefficient (Wildman–Crippen LogP) is 3.49. The summed E-state index contributed by atoms with van der Waals surface area (Å²) in [6.07, 6.45) is -4.71. The van der Waals surface area contributed by atoms with Crippen LogP contribution in [0.5, 0.6) is 11.5 Å². The molecule has 0 saturated carbocycles. The molecule has 6 heteroatoms. The Morgan fingerprint density at radius 3 is 2.47 bits per heavy atom. The molecular formula is C9H8BrF3O2. The maximum Gasteiger partial charge on any atom is 0.573 e. The maximum absolute atomic E-state index is 12.0. The average molecular weight is 285 g/mol. The molecule has 0 N–H and O–H groups in total. The van der Waals surface area contributed by atoms with Crippen molar-refractivity contribution in [2.75, 3.05) is 7.11 Å². The van der Waals surface area contributed by atoms with Crippen LogP contribution in [-0.4, -0.2) is 13.5 Å². The number of hydrogen-bond donors (Lipinski definition) is 0. The number of rotatable bonds is 3. The van der Waals surface area contributed by atoms with Crippen molar-refractivity contribution < 1.29 is 22.6 Å². The molecule has 0 aliphatic carbocycles. The van der Waals surface area contributed by atoms with Gasteiger partial charge in [-0.25, -0.2) is 0 Å². The molecule has 0 unspecified atom stereocenters. The minimum atomic E-state index is -4.71. The Morgan fingerprint density at radius 2 is 2.00 bits per heavy atom. The van der Waals surface area contributed by atoms with Crippen LogP contribution < -0.4 is 9.47 Å². The van der Waals surface area contributed by atoms with Crippen molar-refractivity contribution in [3.8, 4) is 11.5 Å². The van der Waals surface area contributed by atoms with Gasteiger partial charge in [-0.2, -0.15) is 0 Å². The number of alkyl halides is 4. The van der Waals surface area contributed by atoms with E-state index in [4.69, 9.17) is 4.74 Å². The highest BCUT2D eigenvalue weighted by Gasteiger charge is 2.32. The summed E-state index contributed by atoms with van der Waals surface area (Å²) in [5.41, 5.74) is 0.597. The predicted molar refractivity (Wildman–Crippen MR) is 52.3 cm³/mol. The zero-order valence-corrected chi connectivity index (χ0v) is 9.35. The van der Waals surface area contributed by atoms with Gasteiger partial charge in [-0.15, -0.1) is 13.2 Å². The number of halogens is 4. The van der Waals surface area contributed by atoms with Crippen LogP contribution in [0.15, 0.2) is 18.2 Å². The van der Waals surface area contributed by atoms with E-state index in [0.717, 1.165) is 0 Å². The Kier molecular flexibility index (Phi) is 3.84. The fourth-order valence-electron chi connectivity index (χ4n) is 1.10. The fourth-order valence-corrected chi connectivity index (χ4v) is 1.54. The second kappa shape index (κ2) is 4.74. The fraction of sp³-hybridized carbons (Fsp3) is 0.333. The van der Waals surface area contributed by atoms with E-state index in [-0.39, 0.29) is 11.5 Å². The Labute approximate surface area is 93.1 Å². The quantitative estimate of drug-likeness (QED) is 0.791. The van der Waals surface area contributed by atoms with Gasteiger partial charge in [-0.1, -0.05) is 28.1 Å². The molecule has 15 heavy (non-hydrogen) atoms. The van der Waals surface area contributed by atoms with E-state index in [2.05, 4.69) is 20.7 Å². The van der Waals surface area contributed by atoms with Gasteiger partial charge in [-0.3, -0.25) is 0 Å². The lowest BCUT2D eigenvalue weighted by Gasteiger charge is -2.14. The molecule has 1 rings (SSSR count). The van der Waals surface area contributed by atoms with Gasteiger partial charge in [0.1, 0.15) is 0 Å². The molecule has 1 aromatic rings. The third-order valence-corrected chi connectivity index (χ3v) is 2.24. The molecule has 0 aromatic heterocycles. The van der Waals surface area contributed by atoms with Crippen LogP contribution >= 0.6 is 15.9 Å². The van der Waals surface area contributed by atoms with Gasteiger partial charge < -0.3 is 9.47 Å². The summed E-state index contributed by atoms with van der Waals surface area (Å²) in [5.74, 6) is -0.242. The molecule has 0 spiro atoms. The highest BCUT2D eigenvalue weighted by molar-refractivity contribution is 9.08. The molecule has 2 nitrogen and oxygen atoms in total. The minimum Gasteiger partial charge on any atom is -0.493 e. The third-order valence-electron chi connectivity index (χ3n) is 1.63. The van der Waals surface area contributed by atoms with Crippen molar-refractivity contribution in [1.82, 2.24) is 0 Å². The number of ether oxygens (including phenoxy) is 2. The van der Waals surface area contributed by atoms with Crippen molar-refractivity contribution in [1.29, 1.82) is 0 Å². The van der Waals surface area contributed by atoms with Crippen molar-refractivity contribution in [2.45, 2.75) is 11.7 Å². The lowest BCUT2D eigenvalue weighted by molar-refractivity contribution is -0.275. The molecule has 0 saturated heterocycles. The van der Waals surface area contributed by atoms with Gasteiger partial charge in [-0.05, 0) is 6.07 Å². The number of benzene rings is 1. The zero-order chi connectivity index (χ0) is 11.5. The SMILES string of the molecule is COc1c(CBr)cccc1OC(F)(F)F. The van der Waals surface area contributed by atoms with Crippen molar-refractivity contribution in [2.24, 2.45) is 0 Å². The second-order valence-corrected chi connectivity index (χ2v) is 3.19. The van der Waals surface area contributed by atoms with E-state index >= 15 is 0 Å². The van der Waals surface area contributed by atoms with E-state index in [1.807, 2.05) is 0 Å². The van der Waals surface area contributed by atoms with E-state index in [9.17, 15) is 13.2 Å². The second-order valence-electron chi connectivity index (χ2n) is 2.63. The minimum absolute atomic E-state index is 0.0895. The van der Waals surface area contributed by atoms with Crippen LogP contribution in [0.25, 0.3) is 0 Å². The first-order valence-electron chi connectivity index (χ1n) is 3.95. The molecule has 0 atom stereocenters. The summed E-state index contributed by atoms with van der Waals surface area (Å²) in [6, 6.07) is 4.33. The first-order chi connectivity index (χ1) is 6.98. The molecule has 0 fully saturated rings. The number of para-hydroxylation sites is 1. The van der Waals surface area contributed by atoms with Gasteiger partial charge >= 0.3 is 6.36 Å². The molecule has 0 heterocycles. The molecule has 0 aliphatic rings. The van der Waals surface area contributed by atoms with Crippen LogP contribution in [0.2, 0.25) is 0 Å². The maximum atomic E-state index is 12.0. The van der Waals surface area contributed by atoms with E-state index in [0.29, 0.717) is 10.9 Å². The van der Waals surface area contributed by atoms with Crippen LogP contribution in [0.4, 0.5) is 13.2 Å². The third kappa shape index (κ3) is 3.30. The summed E-state index contributed by atoms with van der Waals surface area (Å²) in [4.78, 5) is 0. The molecular weight excluding hydrogens is 277 g/mol. The van der Waals surface area contributed by atoms with Crippen molar-refractivity contribution in [3.05, 3.63) is 23.8 Å². The first-order valence-corrected chi connectivity index (χ1v) is 5.07. The van der Waals surface area contributed by atoms with E-state index in [1.165, 1.54) is 19.2 Å². The Morgan fingerprint density at radius 1 is 1.33 bits per heavy atom.